The Balaban J connectivity index is 2.05. The second-order valence-electron chi connectivity index (χ2n) is 5.47. The fraction of sp³-hybridized carbons (Fsp3) is 0.667. The predicted molar refractivity (Wildman–Crippen MR) is 64.3 cm³/mol. The van der Waals surface area contributed by atoms with Crippen molar-refractivity contribution >= 4 is 11.8 Å². The maximum atomic E-state index is 11.9. The van der Waals surface area contributed by atoms with Crippen molar-refractivity contribution in [2.75, 3.05) is 5.73 Å². The molecular weight excluding hydrogens is 218 g/mol. The molecule has 5 nitrogen and oxygen atoms in total. The average molecular weight is 237 g/mol. The van der Waals surface area contributed by atoms with Gasteiger partial charge < -0.3 is 15.0 Å². The standard InChI is InChI=1S/C12H19N3O2/c1-12(2,3)17-11(16)8-4-5-15-9(13)7-14-10(15)6-8/h7-8H,4-6,13H2,1-3H3. The molecule has 1 atom stereocenters. The number of fused-ring (bicyclic) bond motifs is 1. The van der Waals surface area contributed by atoms with Crippen molar-refractivity contribution in [1.29, 1.82) is 0 Å². The van der Waals surface area contributed by atoms with Crippen LogP contribution < -0.4 is 5.73 Å². The fourth-order valence-electron chi connectivity index (χ4n) is 2.04. The zero-order valence-electron chi connectivity index (χ0n) is 10.6. The van der Waals surface area contributed by atoms with Gasteiger partial charge in [-0.05, 0) is 27.2 Å². The van der Waals surface area contributed by atoms with E-state index in [4.69, 9.17) is 10.5 Å². The van der Waals surface area contributed by atoms with E-state index in [-0.39, 0.29) is 11.9 Å². The summed E-state index contributed by atoms with van der Waals surface area (Å²) in [5.74, 6) is 1.32. The summed E-state index contributed by atoms with van der Waals surface area (Å²) < 4.78 is 7.35. The number of carbonyl (C=O) groups is 1. The summed E-state index contributed by atoms with van der Waals surface area (Å²) in [6.45, 7) is 6.39. The smallest absolute Gasteiger partial charge is 0.309 e. The minimum atomic E-state index is -0.428. The van der Waals surface area contributed by atoms with Gasteiger partial charge >= 0.3 is 5.97 Å². The van der Waals surface area contributed by atoms with Crippen molar-refractivity contribution in [1.82, 2.24) is 9.55 Å². The van der Waals surface area contributed by atoms with E-state index in [9.17, 15) is 4.79 Å². The first-order valence-electron chi connectivity index (χ1n) is 5.89. The zero-order valence-corrected chi connectivity index (χ0v) is 10.6. The van der Waals surface area contributed by atoms with Crippen molar-refractivity contribution in [2.45, 2.75) is 45.8 Å². The Morgan fingerprint density at radius 2 is 2.29 bits per heavy atom. The van der Waals surface area contributed by atoms with Crippen LogP contribution in [-0.2, 0) is 22.5 Å². The van der Waals surface area contributed by atoms with E-state index in [1.165, 1.54) is 0 Å². The number of ether oxygens (including phenoxy) is 1. The molecule has 1 unspecified atom stereocenters. The lowest BCUT2D eigenvalue weighted by Crippen LogP contribution is -2.33. The van der Waals surface area contributed by atoms with Gasteiger partial charge in [-0.15, -0.1) is 0 Å². The molecule has 5 heteroatoms. The van der Waals surface area contributed by atoms with Crippen molar-refractivity contribution in [2.24, 2.45) is 5.92 Å². The van der Waals surface area contributed by atoms with Crippen LogP contribution in [0.5, 0.6) is 0 Å². The van der Waals surface area contributed by atoms with Crippen LogP contribution in [0.3, 0.4) is 0 Å². The number of nitrogens with zero attached hydrogens (tertiary/aromatic N) is 2. The first kappa shape index (κ1) is 12.0. The minimum absolute atomic E-state index is 0.0940. The molecule has 94 valence electrons. The Morgan fingerprint density at radius 3 is 2.94 bits per heavy atom. The topological polar surface area (TPSA) is 70.1 Å². The lowest BCUT2D eigenvalue weighted by molar-refractivity contribution is -0.160. The quantitative estimate of drug-likeness (QED) is 0.749. The molecule has 1 aliphatic heterocycles. The lowest BCUT2D eigenvalue weighted by Gasteiger charge is -2.26. The second kappa shape index (κ2) is 4.05. The highest BCUT2D eigenvalue weighted by Gasteiger charge is 2.30. The molecule has 0 aliphatic carbocycles. The number of carbonyl (C=O) groups excluding carboxylic acids is 1. The van der Waals surface area contributed by atoms with E-state index in [0.717, 1.165) is 18.8 Å². The Bertz CT molecular complexity index is 431. The number of hydrogen-bond donors (Lipinski definition) is 1. The second-order valence-corrected chi connectivity index (χ2v) is 5.47. The minimum Gasteiger partial charge on any atom is -0.460 e. The molecule has 0 aromatic carbocycles. The van der Waals surface area contributed by atoms with Gasteiger partial charge in [0.25, 0.3) is 0 Å². The molecule has 1 aliphatic rings. The van der Waals surface area contributed by atoms with Gasteiger partial charge in [-0.1, -0.05) is 0 Å². The molecule has 0 radical (unpaired) electrons. The normalized spacial score (nSPS) is 19.8. The lowest BCUT2D eigenvalue weighted by atomic mass is 9.97. The molecule has 0 bridgehead atoms. The van der Waals surface area contributed by atoms with Gasteiger partial charge in [-0.3, -0.25) is 4.79 Å². The van der Waals surface area contributed by atoms with Crippen LogP contribution in [0, 0.1) is 5.92 Å². The summed E-state index contributed by atoms with van der Waals surface area (Å²) in [7, 11) is 0. The highest BCUT2D eigenvalue weighted by Crippen LogP contribution is 2.24. The molecule has 17 heavy (non-hydrogen) atoms. The summed E-state index contributed by atoms with van der Waals surface area (Å²) in [5, 5.41) is 0. The largest absolute Gasteiger partial charge is 0.460 e. The van der Waals surface area contributed by atoms with Crippen molar-refractivity contribution < 1.29 is 9.53 Å². The Labute approximate surface area is 101 Å². The van der Waals surface area contributed by atoms with Gasteiger partial charge in [0.15, 0.2) is 0 Å². The van der Waals surface area contributed by atoms with E-state index < -0.39 is 5.60 Å². The van der Waals surface area contributed by atoms with Crippen molar-refractivity contribution in [3.05, 3.63) is 12.0 Å². The molecule has 2 heterocycles. The molecule has 0 spiro atoms. The zero-order chi connectivity index (χ0) is 12.6. The monoisotopic (exact) mass is 237 g/mol. The molecule has 0 saturated heterocycles. The number of hydrogen-bond acceptors (Lipinski definition) is 4. The number of anilines is 1. The first-order valence-corrected chi connectivity index (χ1v) is 5.89. The summed E-state index contributed by atoms with van der Waals surface area (Å²) >= 11 is 0. The number of nitrogen functional groups attached to an aromatic ring is 1. The molecule has 0 saturated carbocycles. The van der Waals surface area contributed by atoms with Gasteiger partial charge in [0.05, 0.1) is 12.1 Å². The van der Waals surface area contributed by atoms with E-state index in [1.54, 1.807) is 6.20 Å². The van der Waals surface area contributed by atoms with Crippen molar-refractivity contribution in [3.8, 4) is 0 Å². The summed E-state index contributed by atoms with van der Waals surface area (Å²) in [4.78, 5) is 16.2. The van der Waals surface area contributed by atoms with Crippen LogP contribution >= 0.6 is 0 Å². The van der Waals surface area contributed by atoms with Crippen LogP contribution in [0.4, 0.5) is 5.82 Å². The number of esters is 1. The summed E-state index contributed by atoms with van der Waals surface area (Å²) in [5.41, 5.74) is 5.34. The van der Waals surface area contributed by atoms with Gasteiger partial charge in [0.1, 0.15) is 17.2 Å². The summed E-state index contributed by atoms with van der Waals surface area (Å²) in [6.07, 6.45) is 3.03. The highest BCUT2D eigenvalue weighted by molar-refractivity contribution is 5.73. The first-order chi connectivity index (χ1) is 7.87. The Hall–Kier alpha value is -1.52. The van der Waals surface area contributed by atoms with Crippen molar-refractivity contribution in [3.63, 3.8) is 0 Å². The van der Waals surface area contributed by atoms with E-state index in [1.807, 2.05) is 25.3 Å². The molecule has 0 amide bonds. The van der Waals surface area contributed by atoms with Gasteiger partial charge in [0.2, 0.25) is 0 Å². The van der Waals surface area contributed by atoms with Crippen LogP contribution in [0.1, 0.15) is 33.0 Å². The maximum Gasteiger partial charge on any atom is 0.309 e. The number of rotatable bonds is 1. The summed E-state index contributed by atoms with van der Waals surface area (Å²) in [6, 6.07) is 0. The van der Waals surface area contributed by atoms with E-state index in [0.29, 0.717) is 12.2 Å². The van der Waals surface area contributed by atoms with Gasteiger partial charge in [0, 0.05) is 13.0 Å². The number of imidazole rings is 1. The average Bonchev–Trinajstić information content (AvgIpc) is 2.57. The van der Waals surface area contributed by atoms with Gasteiger partial charge in [-0.25, -0.2) is 4.98 Å². The van der Waals surface area contributed by atoms with E-state index >= 15 is 0 Å². The molecular formula is C12H19N3O2. The predicted octanol–water partition coefficient (Wildman–Crippen LogP) is 1.37. The van der Waals surface area contributed by atoms with Crippen LogP contribution in [0.2, 0.25) is 0 Å². The molecule has 2 rings (SSSR count). The Kier molecular flexibility index (Phi) is 2.85. The van der Waals surface area contributed by atoms with E-state index in [2.05, 4.69) is 4.98 Å². The molecule has 1 aromatic rings. The third kappa shape index (κ3) is 2.60. The number of aromatic nitrogens is 2. The molecule has 0 fully saturated rings. The third-order valence-electron chi connectivity index (χ3n) is 2.84. The SMILES string of the molecule is CC(C)(C)OC(=O)C1CCn2c(N)cnc2C1. The van der Waals surface area contributed by atoms with Crippen LogP contribution in [0.15, 0.2) is 6.20 Å². The van der Waals surface area contributed by atoms with Crippen LogP contribution in [0.25, 0.3) is 0 Å². The number of nitrogens with two attached hydrogens (primary N) is 1. The third-order valence-corrected chi connectivity index (χ3v) is 2.84. The molecule has 2 N–H and O–H groups in total. The Morgan fingerprint density at radius 1 is 1.59 bits per heavy atom. The van der Waals surface area contributed by atoms with Gasteiger partial charge in [-0.2, -0.15) is 0 Å². The van der Waals surface area contributed by atoms with Crippen LogP contribution in [-0.4, -0.2) is 21.1 Å². The highest BCUT2D eigenvalue weighted by atomic mass is 16.6. The maximum absolute atomic E-state index is 11.9. The fourth-order valence-corrected chi connectivity index (χ4v) is 2.04. The molecule has 1 aromatic heterocycles.